The first kappa shape index (κ1) is 8.72. The van der Waals surface area contributed by atoms with Crippen molar-refractivity contribution in [3.05, 3.63) is 70.3 Å². The second-order valence-corrected chi connectivity index (χ2v) is 4.27. The molecule has 0 N–H and O–H groups in total. The highest BCUT2D eigenvalue weighted by Crippen LogP contribution is 2.39. The molecular formula is C15H13. The minimum Gasteiger partial charge on any atom is -0.0726 e. The highest BCUT2D eigenvalue weighted by atomic mass is 14.3. The molecule has 15 heavy (non-hydrogen) atoms. The van der Waals surface area contributed by atoms with Crippen LogP contribution in [0.4, 0.5) is 0 Å². The number of fused-ring (bicyclic) bond motifs is 3. The Morgan fingerprint density at radius 3 is 2.87 bits per heavy atom. The first-order valence-electron chi connectivity index (χ1n) is 5.36. The van der Waals surface area contributed by atoms with Crippen molar-refractivity contribution in [1.29, 1.82) is 0 Å². The molecule has 0 heterocycles. The Labute approximate surface area is 90.6 Å². The van der Waals surface area contributed by atoms with Gasteiger partial charge in [0.05, 0.1) is 0 Å². The number of hydrogen-bond donors (Lipinski definition) is 0. The van der Waals surface area contributed by atoms with Crippen molar-refractivity contribution in [2.45, 2.75) is 19.8 Å². The van der Waals surface area contributed by atoms with Crippen LogP contribution in [-0.2, 0) is 0 Å². The molecule has 0 heteroatoms. The van der Waals surface area contributed by atoms with Crippen molar-refractivity contribution in [2.24, 2.45) is 0 Å². The largest absolute Gasteiger partial charge is 0.0726 e. The summed E-state index contributed by atoms with van der Waals surface area (Å²) in [6.45, 7) is 4.35. The van der Waals surface area contributed by atoms with Crippen LogP contribution < -0.4 is 0 Å². The van der Waals surface area contributed by atoms with Crippen LogP contribution in [0.2, 0.25) is 0 Å². The van der Waals surface area contributed by atoms with Crippen molar-refractivity contribution in [3.63, 3.8) is 0 Å². The van der Waals surface area contributed by atoms with E-state index in [4.69, 9.17) is 0 Å². The fourth-order valence-corrected chi connectivity index (χ4v) is 2.34. The molecule has 0 nitrogen and oxygen atoms in total. The van der Waals surface area contributed by atoms with Gasteiger partial charge in [-0.05, 0) is 47.8 Å². The van der Waals surface area contributed by atoms with Crippen LogP contribution in [0.15, 0.2) is 42.0 Å². The summed E-state index contributed by atoms with van der Waals surface area (Å²) in [7, 11) is 0. The summed E-state index contributed by atoms with van der Waals surface area (Å²) in [4.78, 5) is 0. The smallest absolute Gasteiger partial charge is 0.0285 e. The average molecular weight is 193 g/mol. The van der Waals surface area contributed by atoms with Gasteiger partial charge in [0.1, 0.15) is 0 Å². The quantitative estimate of drug-likeness (QED) is 0.590. The molecular weight excluding hydrogens is 180 g/mol. The molecule has 0 bridgehead atoms. The van der Waals surface area contributed by atoms with Crippen molar-refractivity contribution >= 4 is 0 Å². The Balaban J connectivity index is 2.25. The second kappa shape index (κ2) is 2.96. The van der Waals surface area contributed by atoms with E-state index in [9.17, 15) is 0 Å². The first-order chi connectivity index (χ1) is 7.27. The van der Waals surface area contributed by atoms with E-state index in [1.54, 1.807) is 0 Å². The van der Waals surface area contributed by atoms with Gasteiger partial charge in [-0.25, -0.2) is 0 Å². The van der Waals surface area contributed by atoms with Gasteiger partial charge in [0, 0.05) is 5.92 Å². The van der Waals surface area contributed by atoms with Gasteiger partial charge in [0.25, 0.3) is 0 Å². The monoisotopic (exact) mass is 193 g/mol. The summed E-state index contributed by atoms with van der Waals surface area (Å²) >= 11 is 0. The maximum atomic E-state index is 3.52. The van der Waals surface area contributed by atoms with Gasteiger partial charge < -0.3 is 0 Å². The van der Waals surface area contributed by atoms with E-state index >= 15 is 0 Å². The lowest BCUT2D eigenvalue weighted by Crippen LogP contribution is -1.97. The molecule has 1 atom stereocenters. The molecule has 1 aromatic rings. The van der Waals surface area contributed by atoms with Crippen molar-refractivity contribution in [2.75, 3.05) is 0 Å². The Morgan fingerprint density at radius 1 is 1.13 bits per heavy atom. The van der Waals surface area contributed by atoms with E-state index in [0.29, 0.717) is 5.92 Å². The Hall–Kier alpha value is -1.56. The Morgan fingerprint density at radius 2 is 2.00 bits per heavy atom. The van der Waals surface area contributed by atoms with E-state index in [-0.39, 0.29) is 0 Å². The minimum absolute atomic E-state index is 0.448. The van der Waals surface area contributed by atoms with Crippen LogP contribution >= 0.6 is 0 Å². The van der Waals surface area contributed by atoms with Gasteiger partial charge in [0.15, 0.2) is 0 Å². The zero-order valence-corrected chi connectivity index (χ0v) is 9.04. The van der Waals surface area contributed by atoms with E-state index in [1.165, 1.54) is 27.8 Å². The number of hydrogen-bond acceptors (Lipinski definition) is 0. The zero-order chi connectivity index (χ0) is 10.4. The molecule has 0 fully saturated rings. The summed E-state index contributed by atoms with van der Waals surface area (Å²) in [5.41, 5.74) is 6.76. The molecule has 0 spiro atoms. The molecule has 1 aromatic carbocycles. The van der Waals surface area contributed by atoms with Crippen LogP contribution in [-0.4, -0.2) is 0 Å². The Kier molecular flexibility index (Phi) is 1.72. The van der Waals surface area contributed by atoms with Crippen LogP contribution in [0.3, 0.4) is 0 Å². The van der Waals surface area contributed by atoms with Gasteiger partial charge in [0.2, 0.25) is 0 Å². The van der Waals surface area contributed by atoms with Crippen molar-refractivity contribution < 1.29 is 0 Å². The first-order valence-corrected chi connectivity index (χ1v) is 5.36. The number of allylic oxidation sites excluding steroid dienone is 5. The molecule has 2 aliphatic carbocycles. The van der Waals surface area contributed by atoms with Crippen LogP contribution in [0.25, 0.3) is 0 Å². The predicted molar refractivity (Wildman–Crippen MR) is 62.8 cm³/mol. The van der Waals surface area contributed by atoms with E-state index in [1.807, 2.05) is 0 Å². The molecule has 73 valence electrons. The highest BCUT2D eigenvalue weighted by Gasteiger charge is 2.24. The molecule has 1 unspecified atom stereocenters. The lowest BCUT2D eigenvalue weighted by molar-refractivity contribution is 1.04. The number of aryl methyl sites for hydroxylation is 1. The average Bonchev–Trinajstić information content (AvgIpc) is 2.63. The van der Waals surface area contributed by atoms with Gasteiger partial charge >= 0.3 is 0 Å². The third-order valence-corrected chi connectivity index (χ3v) is 3.40. The third kappa shape index (κ3) is 1.14. The fourth-order valence-electron chi connectivity index (χ4n) is 2.34. The molecule has 0 saturated carbocycles. The summed E-state index contributed by atoms with van der Waals surface area (Å²) < 4.78 is 0. The van der Waals surface area contributed by atoms with Crippen LogP contribution in [0.1, 0.15) is 28.2 Å². The van der Waals surface area contributed by atoms with Gasteiger partial charge in [-0.2, -0.15) is 0 Å². The number of benzene rings is 1. The Bertz CT molecular complexity index is 513. The molecule has 0 aliphatic heterocycles. The van der Waals surface area contributed by atoms with E-state index in [2.05, 4.69) is 56.4 Å². The summed E-state index contributed by atoms with van der Waals surface area (Å²) in [5.74, 6) is 0.448. The molecule has 1 radical (unpaired) electrons. The summed E-state index contributed by atoms with van der Waals surface area (Å²) in [6.07, 6.45) is 12.2. The lowest BCUT2D eigenvalue weighted by atomic mass is 9.91. The van der Waals surface area contributed by atoms with E-state index < -0.39 is 0 Å². The van der Waals surface area contributed by atoms with Crippen molar-refractivity contribution in [1.82, 2.24) is 0 Å². The SMILES string of the molecule is Cc1ccc2c(c1C)[C]=C1C=CC=CC12. The summed E-state index contributed by atoms with van der Waals surface area (Å²) in [6, 6.07) is 4.46. The van der Waals surface area contributed by atoms with Crippen LogP contribution in [0, 0.1) is 19.9 Å². The number of rotatable bonds is 0. The topological polar surface area (TPSA) is 0 Å². The second-order valence-electron chi connectivity index (χ2n) is 4.27. The maximum Gasteiger partial charge on any atom is 0.0285 e. The third-order valence-electron chi connectivity index (χ3n) is 3.40. The standard InChI is InChI=1S/C15H13/c1-10-7-8-14-13-6-4-3-5-12(13)9-15(14)11(10)2/h3-8,13H,1-2H3. The van der Waals surface area contributed by atoms with Gasteiger partial charge in [-0.15, -0.1) is 0 Å². The normalized spacial score (nSPS) is 21.2. The van der Waals surface area contributed by atoms with Crippen molar-refractivity contribution in [3.8, 4) is 0 Å². The molecule has 0 aromatic heterocycles. The molecule has 2 aliphatic rings. The van der Waals surface area contributed by atoms with Crippen LogP contribution in [0.5, 0.6) is 0 Å². The molecule has 0 amide bonds. The lowest BCUT2D eigenvalue weighted by Gasteiger charge is -2.13. The minimum atomic E-state index is 0.448. The van der Waals surface area contributed by atoms with Gasteiger partial charge in [-0.3, -0.25) is 0 Å². The van der Waals surface area contributed by atoms with E-state index in [0.717, 1.165) is 0 Å². The highest BCUT2D eigenvalue weighted by molar-refractivity contribution is 5.58. The maximum absolute atomic E-state index is 3.52. The van der Waals surface area contributed by atoms with Gasteiger partial charge in [-0.1, -0.05) is 36.4 Å². The molecule has 3 rings (SSSR count). The zero-order valence-electron chi connectivity index (χ0n) is 9.04. The summed E-state index contributed by atoms with van der Waals surface area (Å²) in [5, 5.41) is 0. The fraction of sp³-hybridized carbons (Fsp3) is 0.200. The molecule has 0 saturated heterocycles. The predicted octanol–water partition coefficient (Wildman–Crippen LogP) is 3.60.